The Balaban J connectivity index is 2.60. The van der Waals surface area contributed by atoms with Gasteiger partial charge in [-0.1, -0.05) is 24.9 Å². The third kappa shape index (κ3) is 4.14. The molecule has 0 fully saturated rings. The molecule has 0 radical (unpaired) electrons. The lowest BCUT2D eigenvalue weighted by atomic mass is 10.2. The lowest BCUT2D eigenvalue weighted by Crippen LogP contribution is -2.21. The van der Waals surface area contributed by atoms with Crippen molar-refractivity contribution in [2.45, 2.75) is 39.7 Å². The van der Waals surface area contributed by atoms with Crippen LogP contribution < -0.4 is 5.32 Å². The number of rotatable bonds is 5. The zero-order valence-electron chi connectivity index (χ0n) is 9.55. The number of aryl methyl sites for hydroxylation is 1. The molecule has 0 bridgehead atoms. The van der Waals surface area contributed by atoms with Gasteiger partial charge in [0.25, 0.3) is 0 Å². The molecule has 0 aliphatic heterocycles. The number of hydrogen-bond donors (Lipinski definition) is 1. The van der Waals surface area contributed by atoms with E-state index in [2.05, 4.69) is 29.1 Å². The van der Waals surface area contributed by atoms with Crippen molar-refractivity contribution in [1.82, 2.24) is 15.3 Å². The monoisotopic (exact) mass is 227 g/mol. The molecule has 0 aliphatic rings. The summed E-state index contributed by atoms with van der Waals surface area (Å²) in [5, 5.41) is 3.92. The van der Waals surface area contributed by atoms with Crippen LogP contribution >= 0.6 is 11.6 Å². The first-order chi connectivity index (χ1) is 7.13. The van der Waals surface area contributed by atoms with E-state index in [0.29, 0.717) is 5.15 Å². The third-order valence-electron chi connectivity index (χ3n) is 2.25. The highest BCUT2D eigenvalue weighted by molar-refractivity contribution is 6.29. The molecule has 1 rings (SSSR count). The largest absolute Gasteiger partial charge is 0.309 e. The van der Waals surface area contributed by atoms with Crippen LogP contribution in [0, 0.1) is 6.92 Å². The van der Waals surface area contributed by atoms with E-state index in [1.165, 1.54) is 12.8 Å². The zero-order valence-corrected chi connectivity index (χ0v) is 10.3. The summed E-state index contributed by atoms with van der Waals surface area (Å²) in [5.74, 6) is 0.724. The van der Waals surface area contributed by atoms with Crippen molar-refractivity contribution in [1.29, 1.82) is 0 Å². The normalized spacial score (nSPS) is 12.8. The Kier molecular flexibility index (Phi) is 4.99. The maximum Gasteiger partial charge on any atom is 0.133 e. The fraction of sp³-hybridized carbons (Fsp3) is 0.636. The second-order valence-electron chi connectivity index (χ2n) is 3.69. The van der Waals surface area contributed by atoms with E-state index < -0.39 is 0 Å². The summed E-state index contributed by atoms with van der Waals surface area (Å²) in [7, 11) is 0. The minimum atomic E-state index is 0.232. The van der Waals surface area contributed by atoms with Gasteiger partial charge in [0.05, 0.1) is 5.69 Å². The van der Waals surface area contributed by atoms with Gasteiger partial charge in [-0.25, -0.2) is 9.97 Å². The minimum absolute atomic E-state index is 0.232. The fourth-order valence-electron chi connectivity index (χ4n) is 1.37. The maximum absolute atomic E-state index is 5.88. The molecule has 84 valence electrons. The molecule has 1 aromatic rings. The zero-order chi connectivity index (χ0) is 11.3. The molecule has 1 aromatic heterocycles. The van der Waals surface area contributed by atoms with Gasteiger partial charge in [0.1, 0.15) is 11.0 Å². The highest BCUT2D eigenvalue weighted by Crippen LogP contribution is 2.13. The Bertz CT molecular complexity index is 294. The molecule has 0 aliphatic carbocycles. The van der Waals surface area contributed by atoms with Crippen LogP contribution in [0.3, 0.4) is 0 Å². The van der Waals surface area contributed by atoms with Gasteiger partial charge in [-0.3, -0.25) is 0 Å². The summed E-state index contributed by atoms with van der Waals surface area (Å²) in [6.45, 7) is 7.14. The van der Waals surface area contributed by atoms with Crippen LogP contribution in [0.15, 0.2) is 6.07 Å². The Morgan fingerprint density at radius 2 is 2.20 bits per heavy atom. The van der Waals surface area contributed by atoms with Crippen molar-refractivity contribution in [2.75, 3.05) is 6.54 Å². The Morgan fingerprint density at radius 1 is 1.47 bits per heavy atom. The summed E-state index contributed by atoms with van der Waals surface area (Å²) in [6, 6.07) is 2.05. The van der Waals surface area contributed by atoms with Crippen LogP contribution in [0.2, 0.25) is 5.15 Å². The molecule has 15 heavy (non-hydrogen) atoms. The summed E-state index contributed by atoms with van der Waals surface area (Å²) in [6.07, 6.45) is 2.38. The second kappa shape index (κ2) is 6.03. The number of hydrogen-bond acceptors (Lipinski definition) is 3. The molecule has 1 unspecified atom stereocenters. The molecule has 1 N–H and O–H groups in total. The van der Waals surface area contributed by atoms with Crippen molar-refractivity contribution in [2.24, 2.45) is 0 Å². The highest BCUT2D eigenvalue weighted by atomic mass is 35.5. The smallest absolute Gasteiger partial charge is 0.133 e. The Hall–Kier alpha value is -0.670. The number of unbranched alkanes of at least 4 members (excludes halogenated alkanes) is 1. The van der Waals surface area contributed by atoms with Crippen molar-refractivity contribution >= 4 is 11.6 Å². The molecule has 0 saturated carbocycles. The average Bonchev–Trinajstić information content (AvgIpc) is 2.16. The van der Waals surface area contributed by atoms with Crippen LogP contribution in [0.4, 0.5) is 0 Å². The first-order valence-electron chi connectivity index (χ1n) is 5.38. The van der Waals surface area contributed by atoms with Crippen LogP contribution in [0.1, 0.15) is 44.2 Å². The van der Waals surface area contributed by atoms with Crippen molar-refractivity contribution in [3.63, 3.8) is 0 Å². The van der Waals surface area contributed by atoms with E-state index in [-0.39, 0.29) is 6.04 Å². The van der Waals surface area contributed by atoms with Crippen molar-refractivity contribution < 1.29 is 0 Å². The predicted octanol–water partition coefficient (Wildman–Crippen LogP) is 2.89. The first-order valence-corrected chi connectivity index (χ1v) is 5.75. The van der Waals surface area contributed by atoms with E-state index >= 15 is 0 Å². The fourth-order valence-corrected chi connectivity index (χ4v) is 1.61. The molecule has 3 nitrogen and oxygen atoms in total. The van der Waals surface area contributed by atoms with Crippen LogP contribution in [0.25, 0.3) is 0 Å². The first kappa shape index (κ1) is 12.4. The maximum atomic E-state index is 5.88. The lowest BCUT2D eigenvalue weighted by molar-refractivity contribution is 0.542. The van der Waals surface area contributed by atoms with E-state index in [9.17, 15) is 0 Å². The van der Waals surface area contributed by atoms with Gasteiger partial charge in [-0.2, -0.15) is 0 Å². The van der Waals surface area contributed by atoms with Gasteiger partial charge < -0.3 is 5.32 Å². The summed E-state index contributed by atoms with van der Waals surface area (Å²) in [5.41, 5.74) is 0.962. The van der Waals surface area contributed by atoms with Crippen molar-refractivity contribution in [3.8, 4) is 0 Å². The molecule has 4 heteroatoms. The number of aromatic nitrogens is 2. The SMILES string of the molecule is CCCCNC(C)c1cc(Cl)nc(C)n1. The standard InChI is InChI=1S/C11H18ClN3/c1-4-5-6-13-8(2)10-7-11(12)15-9(3)14-10/h7-8,13H,4-6H2,1-3H3. The Labute approximate surface area is 96.3 Å². The molecular weight excluding hydrogens is 210 g/mol. The molecule has 0 saturated heterocycles. The quantitative estimate of drug-likeness (QED) is 0.621. The number of halogens is 1. The van der Waals surface area contributed by atoms with E-state index in [0.717, 1.165) is 18.1 Å². The van der Waals surface area contributed by atoms with Gasteiger partial charge in [0.15, 0.2) is 0 Å². The topological polar surface area (TPSA) is 37.8 Å². The van der Waals surface area contributed by atoms with E-state index in [1.807, 2.05) is 13.0 Å². The molecule has 0 aromatic carbocycles. The minimum Gasteiger partial charge on any atom is -0.309 e. The number of nitrogens with one attached hydrogen (secondary N) is 1. The van der Waals surface area contributed by atoms with Gasteiger partial charge in [-0.05, 0) is 32.9 Å². The predicted molar refractivity (Wildman–Crippen MR) is 63.1 cm³/mol. The number of nitrogens with zero attached hydrogens (tertiary/aromatic N) is 2. The third-order valence-corrected chi connectivity index (χ3v) is 2.44. The van der Waals surface area contributed by atoms with E-state index in [4.69, 9.17) is 11.6 Å². The van der Waals surface area contributed by atoms with Gasteiger partial charge in [-0.15, -0.1) is 0 Å². The second-order valence-corrected chi connectivity index (χ2v) is 4.08. The van der Waals surface area contributed by atoms with Gasteiger partial charge >= 0.3 is 0 Å². The summed E-state index contributed by atoms with van der Waals surface area (Å²) < 4.78 is 0. The molecule has 1 heterocycles. The van der Waals surface area contributed by atoms with Crippen LogP contribution in [-0.4, -0.2) is 16.5 Å². The van der Waals surface area contributed by atoms with Gasteiger partial charge in [0, 0.05) is 6.04 Å². The van der Waals surface area contributed by atoms with Crippen LogP contribution in [0.5, 0.6) is 0 Å². The molecule has 1 atom stereocenters. The van der Waals surface area contributed by atoms with Gasteiger partial charge in [0.2, 0.25) is 0 Å². The molecular formula is C11H18ClN3. The highest BCUT2D eigenvalue weighted by Gasteiger charge is 2.07. The average molecular weight is 228 g/mol. The van der Waals surface area contributed by atoms with Crippen LogP contribution in [-0.2, 0) is 0 Å². The lowest BCUT2D eigenvalue weighted by Gasteiger charge is -2.13. The van der Waals surface area contributed by atoms with E-state index in [1.54, 1.807) is 0 Å². The summed E-state index contributed by atoms with van der Waals surface area (Å²) in [4.78, 5) is 8.39. The Morgan fingerprint density at radius 3 is 2.80 bits per heavy atom. The molecule has 0 amide bonds. The molecule has 0 spiro atoms. The summed E-state index contributed by atoms with van der Waals surface area (Å²) >= 11 is 5.88. The van der Waals surface area contributed by atoms with Crippen molar-refractivity contribution in [3.05, 3.63) is 22.7 Å².